The lowest BCUT2D eigenvalue weighted by Gasteiger charge is -2.36. The van der Waals surface area contributed by atoms with Crippen molar-refractivity contribution in [3.63, 3.8) is 0 Å². The molecule has 1 aliphatic rings. The van der Waals surface area contributed by atoms with E-state index in [1.807, 2.05) is 6.07 Å². The summed E-state index contributed by atoms with van der Waals surface area (Å²) in [6.07, 6.45) is 0.424. The van der Waals surface area contributed by atoms with Gasteiger partial charge in [0.05, 0.1) is 23.8 Å². The molecule has 272 valence electrons. The van der Waals surface area contributed by atoms with Crippen LogP contribution in [-0.4, -0.2) is 145 Å². The van der Waals surface area contributed by atoms with Crippen molar-refractivity contribution in [3.05, 3.63) is 71.3 Å². The van der Waals surface area contributed by atoms with Crippen LogP contribution >= 0.6 is 0 Å². The molecule has 15 heteroatoms. The van der Waals surface area contributed by atoms with Gasteiger partial charge in [-0.05, 0) is 31.4 Å². The van der Waals surface area contributed by atoms with Crippen molar-refractivity contribution < 1.29 is 49.2 Å². The van der Waals surface area contributed by atoms with Gasteiger partial charge in [0.2, 0.25) is 5.91 Å². The molecular weight excluding hydrogens is 650 g/mol. The number of rotatable bonds is 16. The summed E-state index contributed by atoms with van der Waals surface area (Å²) in [7, 11) is 0. The third-order valence-electron chi connectivity index (χ3n) is 8.69. The lowest BCUT2D eigenvalue weighted by Crippen LogP contribution is -2.53. The Hall–Kier alpha value is -4.70. The van der Waals surface area contributed by atoms with Crippen LogP contribution in [0.15, 0.2) is 54.6 Å². The minimum atomic E-state index is -1.34. The van der Waals surface area contributed by atoms with E-state index in [0.29, 0.717) is 23.1 Å². The van der Waals surface area contributed by atoms with E-state index in [1.54, 1.807) is 60.4 Å². The first-order valence-corrected chi connectivity index (χ1v) is 16.5. The number of carbonyl (C=O) groups excluding carboxylic acids is 5. The molecule has 1 amide bonds. The summed E-state index contributed by atoms with van der Waals surface area (Å²) < 4.78 is 0. The highest BCUT2D eigenvalue weighted by Gasteiger charge is 2.27. The van der Waals surface area contributed by atoms with Crippen LogP contribution in [-0.2, 0) is 24.0 Å². The predicted octanol–water partition coefficient (Wildman–Crippen LogP) is -3.16. The molecule has 1 fully saturated rings. The first kappa shape index (κ1) is 39.7. The third-order valence-corrected chi connectivity index (χ3v) is 8.69. The number of nitrogens with zero attached hydrogens (tertiary/aromatic N) is 4. The molecule has 0 radical (unpaired) electrons. The lowest BCUT2D eigenvalue weighted by molar-refractivity contribution is -0.308. The number of hydrogen-bond donors (Lipinski definition) is 2. The number of carboxylic acids is 4. The number of nitrogens with one attached hydrogen (secondary N) is 1. The highest BCUT2D eigenvalue weighted by molar-refractivity contribution is 6.09. The molecule has 50 heavy (non-hydrogen) atoms. The van der Waals surface area contributed by atoms with Crippen molar-refractivity contribution in [2.24, 2.45) is 0 Å². The van der Waals surface area contributed by atoms with Crippen LogP contribution < -0.4 is 20.6 Å². The first-order chi connectivity index (χ1) is 23.8. The topological polar surface area (TPSA) is 217 Å². The van der Waals surface area contributed by atoms with Crippen molar-refractivity contribution in [3.8, 4) is 0 Å². The molecule has 0 saturated carbocycles. The van der Waals surface area contributed by atoms with E-state index in [9.17, 15) is 49.2 Å². The average Bonchev–Trinajstić information content (AvgIpc) is 3.07. The monoisotopic (exact) mass is 694 g/mol. The van der Waals surface area contributed by atoms with Gasteiger partial charge in [-0.1, -0.05) is 48.5 Å². The van der Waals surface area contributed by atoms with Crippen LogP contribution in [0.25, 0.3) is 0 Å². The third kappa shape index (κ3) is 13.3. The van der Waals surface area contributed by atoms with Crippen LogP contribution in [0.4, 0.5) is 0 Å². The molecule has 3 rings (SSSR count). The zero-order valence-electron chi connectivity index (χ0n) is 28.2. The Morgan fingerprint density at radius 3 is 1.66 bits per heavy atom. The molecular formula is C35H44N5O10-3. The summed E-state index contributed by atoms with van der Waals surface area (Å²) in [6, 6.07) is 14.6. The summed E-state index contributed by atoms with van der Waals surface area (Å²) in [6.45, 7) is 1.61. The van der Waals surface area contributed by atoms with Crippen molar-refractivity contribution in [1.82, 2.24) is 24.9 Å². The maximum atomic E-state index is 13.0. The Morgan fingerprint density at radius 1 is 0.700 bits per heavy atom. The summed E-state index contributed by atoms with van der Waals surface area (Å²) in [5.41, 5.74) is 1.64. The molecule has 2 aromatic rings. The van der Waals surface area contributed by atoms with E-state index in [2.05, 4.69) is 5.32 Å². The van der Waals surface area contributed by atoms with Crippen molar-refractivity contribution in [1.29, 1.82) is 0 Å². The number of aliphatic carboxylic acids is 4. The normalized spacial score (nSPS) is 17.1. The standard InChI is InChI=1S/C35H47N5O10/c1-25(27-9-5-10-28(21-27)33(47)26-7-3-2-4-8-26)34(48)36-12-6-11-29(35(49)50)40-19-17-38(23-31(43)44)15-13-37(22-30(41)42)14-16-39(18-20-40)24-32(45)46/h2-5,7-10,21,25,29H,6,11-20,22-24H2,1H3,(H,36,48)(H,41,42)(H,43,44)(H,45,46)(H,49,50)/p-3. The Bertz CT molecular complexity index is 1440. The minimum absolute atomic E-state index is 0.116. The molecule has 1 saturated heterocycles. The van der Waals surface area contributed by atoms with Gasteiger partial charge in [-0.3, -0.25) is 34.0 Å². The van der Waals surface area contributed by atoms with E-state index in [1.165, 1.54) is 14.7 Å². The molecule has 1 aliphatic heterocycles. The lowest BCUT2D eigenvalue weighted by atomic mass is 9.95. The van der Waals surface area contributed by atoms with Gasteiger partial charge in [0.15, 0.2) is 5.78 Å². The molecule has 0 spiro atoms. The zero-order valence-corrected chi connectivity index (χ0v) is 28.2. The Balaban J connectivity index is 1.65. The van der Waals surface area contributed by atoms with Crippen LogP contribution in [0, 0.1) is 0 Å². The smallest absolute Gasteiger partial charge is 0.320 e. The van der Waals surface area contributed by atoms with Gasteiger partial charge in [0.25, 0.3) is 0 Å². The first-order valence-electron chi connectivity index (χ1n) is 16.5. The summed E-state index contributed by atoms with van der Waals surface area (Å²) in [5, 5.41) is 47.2. The largest absolute Gasteiger partial charge is 0.549 e. The molecule has 2 atom stereocenters. The van der Waals surface area contributed by atoms with Gasteiger partial charge >= 0.3 is 5.97 Å². The van der Waals surface area contributed by atoms with Gasteiger partial charge in [-0.15, -0.1) is 0 Å². The van der Waals surface area contributed by atoms with E-state index in [-0.39, 0.29) is 77.0 Å². The number of carbonyl (C=O) groups is 6. The van der Waals surface area contributed by atoms with Crippen molar-refractivity contribution >= 4 is 35.6 Å². The molecule has 0 aliphatic carbocycles. The number of benzene rings is 2. The molecule has 0 bridgehead atoms. The van der Waals surface area contributed by atoms with Crippen LogP contribution in [0.1, 0.15) is 47.2 Å². The molecule has 0 aromatic heterocycles. The second-order valence-corrected chi connectivity index (χ2v) is 12.3. The number of amides is 1. The van der Waals surface area contributed by atoms with Crippen LogP contribution in [0.3, 0.4) is 0 Å². The van der Waals surface area contributed by atoms with Gasteiger partial charge in [-0.2, -0.15) is 0 Å². The number of hydrogen-bond acceptors (Lipinski definition) is 13. The van der Waals surface area contributed by atoms with Crippen LogP contribution in [0.2, 0.25) is 0 Å². The fraction of sp³-hybridized carbons (Fsp3) is 0.486. The zero-order chi connectivity index (χ0) is 36.6. The van der Waals surface area contributed by atoms with E-state index < -0.39 is 55.5 Å². The van der Waals surface area contributed by atoms with E-state index in [0.717, 1.165) is 0 Å². The van der Waals surface area contributed by atoms with Gasteiger partial charge in [0.1, 0.15) is 6.04 Å². The fourth-order valence-corrected chi connectivity index (χ4v) is 5.87. The van der Waals surface area contributed by atoms with Crippen LogP contribution in [0.5, 0.6) is 0 Å². The maximum absolute atomic E-state index is 13.0. The SMILES string of the molecule is CC(C(=O)NCCCC(C(=O)O)N1CCN(CC(=O)[O-])CCN(CC(=O)[O-])CCN(CC(=O)[O-])CC1)c1cccc(C(=O)c2ccccc2)c1. The minimum Gasteiger partial charge on any atom is -0.549 e. The summed E-state index contributed by atoms with van der Waals surface area (Å²) >= 11 is 0. The predicted molar refractivity (Wildman–Crippen MR) is 174 cm³/mol. The van der Waals surface area contributed by atoms with Gasteiger partial charge < -0.3 is 40.1 Å². The second kappa shape index (κ2) is 20.1. The molecule has 15 nitrogen and oxygen atoms in total. The summed E-state index contributed by atoms with van der Waals surface area (Å²) in [4.78, 5) is 78.8. The average molecular weight is 695 g/mol. The summed E-state index contributed by atoms with van der Waals surface area (Å²) in [5.74, 6) is -6.19. The van der Waals surface area contributed by atoms with Crippen molar-refractivity contribution in [2.75, 3.05) is 78.5 Å². The highest BCUT2D eigenvalue weighted by Crippen LogP contribution is 2.19. The molecule has 1 heterocycles. The Kier molecular flexibility index (Phi) is 16.0. The Morgan fingerprint density at radius 2 is 1.18 bits per heavy atom. The highest BCUT2D eigenvalue weighted by atomic mass is 16.4. The maximum Gasteiger partial charge on any atom is 0.320 e. The quantitative estimate of drug-likeness (QED) is 0.131. The van der Waals surface area contributed by atoms with E-state index in [4.69, 9.17) is 0 Å². The molecule has 2 N–H and O–H groups in total. The molecule has 2 aromatic carbocycles. The number of carboxylic acid groups (broad SMARTS) is 4. The van der Waals surface area contributed by atoms with Gasteiger partial charge in [-0.25, -0.2) is 0 Å². The molecule has 2 unspecified atom stereocenters. The van der Waals surface area contributed by atoms with E-state index >= 15 is 0 Å². The number of ketones is 1. The van der Waals surface area contributed by atoms with Crippen molar-refractivity contribution in [2.45, 2.75) is 31.7 Å². The fourth-order valence-electron chi connectivity index (χ4n) is 5.87. The second-order valence-electron chi connectivity index (χ2n) is 12.3. The Labute approximate surface area is 291 Å². The van der Waals surface area contributed by atoms with Gasteiger partial charge in [0, 0.05) is 89.7 Å².